The largest absolute Gasteiger partial charge is 0.481 e. The lowest BCUT2D eigenvalue weighted by Gasteiger charge is -2.07. The Morgan fingerprint density at radius 3 is 2.76 bits per heavy atom. The summed E-state index contributed by atoms with van der Waals surface area (Å²) < 4.78 is 36.3. The molecule has 4 nitrogen and oxygen atoms in total. The van der Waals surface area contributed by atoms with Crippen molar-refractivity contribution in [2.24, 2.45) is 0 Å². The fourth-order valence-electron chi connectivity index (χ4n) is 1.73. The number of aryl methyl sites for hydroxylation is 1. The molecule has 0 fully saturated rings. The van der Waals surface area contributed by atoms with Crippen molar-refractivity contribution < 1.29 is 22.7 Å². The Morgan fingerprint density at radius 2 is 2.10 bits per heavy atom. The van der Waals surface area contributed by atoms with Gasteiger partial charge < -0.3 is 14.5 Å². The highest BCUT2D eigenvalue weighted by atomic mass is 19.1. The normalized spacial score (nSPS) is 10.4. The van der Waals surface area contributed by atoms with E-state index >= 15 is 0 Å². The summed E-state index contributed by atoms with van der Waals surface area (Å²) in [6, 6.07) is 6.59. The highest BCUT2D eigenvalue weighted by Crippen LogP contribution is 2.17. The van der Waals surface area contributed by atoms with Crippen LogP contribution in [0.1, 0.15) is 11.5 Å². The lowest BCUT2D eigenvalue weighted by atomic mass is 10.3. The number of hydrogen-bond acceptors (Lipinski definition) is 3. The van der Waals surface area contributed by atoms with E-state index in [2.05, 4.69) is 5.32 Å². The van der Waals surface area contributed by atoms with Gasteiger partial charge in [-0.05, 0) is 31.2 Å². The first kappa shape index (κ1) is 15.0. The summed E-state index contributed by atoms with van der Waals surface area (Å²) in [4.78, 5) is 11.5. The van der Waals surface area contributed by atoms with Crippen molar-refractivity contribution >= 4 is 5.91 Å². The second-order valence-corrected chi connectivity index (χ2v) is 4.48. The zero-order chi connectivity index (χ0) is 15.2. The number of carbonyl (C=O) groups excluding carboxylic acids is 1. The van der Waals surface area contributed by atoms with Crippen LogP contribution in [0.25, 0.3) is 0 Å². The highest BCUT2D eigenvalue weighted by molar-refractivity contribution is 5.77. The van der Waals surface area contributed by atoms with Gasteiger partial charge in [-0.25, -0.2) is 8.78 Å². The second-order valence-electron chi connectivity index (χ2n) is 4.48. The minimum atomic E-state index is -0.839. The van der Waals surface area contributed by atoms with Crippen molar-refractivity contribution in [3.05, 3.63) is 53.5 Å². The van der Waals surface area contributed by atoms with E-state index in [1.807, 2.05) is 19.1 Å². The molecule has 21 heavy (non-hydrogen) atoms. The molecule has 1 aromatic carbocycles. The maximum atomic E-state index is 13.3. The molecular weight excluding hydrogens is 280 g/mol. The molecule has 1 aromatic heterocycles. The molecule has 0 saturated heterocycles. The fraction of sp³-hybridized carbons (Fsp3) is 0.267. The average molecular weight is 295 g/mol. The molecule has 0 saturated carbocycles. The van der Waals surface area contributed by atoms with Gasteiger partial charge in [-0.1, -0.05) is 0 Å². The number of benzene rings is 1. The summed E-state index contributed by atoms with van der Waals surface area (Å²) in [6.45, 7) is 1.90. The molecule has 0 aliphatic rings. The molecule has 2 rings (SSSR count). The van der Waals surface area contributed by atoms with Crippen molar-refractivity contribution in [3.63, 3.8) is 0 Å². The van der Waals surface area contributed by atoms with Crippen LogP contribution in [0.5, 0.6) is 5.75 Å². The molecular formula is C15H15F2NO3. The Hall–Kier alpha value is -2.37. The van der Waals surface area contributed by atoms with Crippen LogP contribution in [0.2, 0.25) is 0 Å². The van der Waals surface area contributed by atoms with E-state index in [-0.39, 0.29) is 18.3 Å². The molecule has 6 heteroatoms. The number of furan rings is 1. The Labute approximate surface area is 120 Å². The lowest BCUT2D eigenvalue weighted by Crippen LogP contribution is -2.30. The number of ether oxygens (including phenoxy) is 1. The van der Waals surface area contributed by atoms with Gasteiger partial charge in [0.25, 0.3) is 5.91 Å². The van der Waals surface area contributed by atoms with Crippen LogP contribution in [0.4, 0.5) is 8.78 Å². The van der Waals surface area contributed by atoms with Gasteiger partial charge in [0.1, 0.15) is 17.3 Å². The van der Waals surface area contributed by atoms with E-state index in [1.165, 1.54) is 0 Å². The molecule has 0 aliphatic carbocycles. The number of rotatable bonds is 6. The third-order valence-corrected chi connectivity index (χ3v) is 2.74. The van der Waals surface area contributed by atoms with Gasteiger partial charge in [0.15, 0.2) is 18.2 Å². The number of halogens is 2. The molecule has 2 aromatic rings. The van der Waals surface area contributed by atoms with Gasteiger partial charge in [0.05, 0.1) is 0 Å². The molecule has 1 amide bonds. The summed E-state index contributed by atoms with van der Waals surface area (Å²) in [5, 5.41) is 2.62. The zero-order valence-electron chi connectivity index (χ0n) is 11.5. The van der Waals surface area contributed by atoms with Gasteiger partial charge in [0, 0.05) is 19.0 Å². The molecule has 112 valence electrons. The maximum Gasteiger partial charge on any atom is 0.257 e. The number of carbonyl (C=O) groups is 1. The Bertz CT molecular complexity index is 625. The second kappa shape index (κ2) is 6.88. The first-order valence-electron chi connectivity index (χ1n) is 6.44. The smallest absolute Gasteiger partial charge is 0.257 e. The first-order chi connectivity index (χ1) is 10.0. The Kier molecular flexibility index (Phi) is 4.92. The van der Waals surface area contributed by atoms with Crippen LogP contribution in [0, 0.1) is 18.6 Å². The van der Waals surface area contributed by atoms with E-state index in [0.717, 1.165) is 23.7 Å². The highest BCUT2D eigenvalue weighted by Gasteiger charge is 2.08. The van der Waals surface area contributed by atoms with E-state index in [0.29, 0.717) is 19.0 Å². The van der Waals surface area contributed by atoms with Crippen LogP contribution < -0.4 is 10.1 Å². The van der Waals surface area contributed by atoms with E-state index in [9.17, 15) is 13.6 Å². The van der Waals surface area contributed by atoms with Gasteiger partial charge in [0.2, 0.25) is 0 Å². The van der Waals surface area contributed by atoms with E-state index < -0.39 is 11.6 Å². The van der Waals surface area contributed by atoms with Crippen molar-refractivity contribution in [2.45, 2.75) is 13.3 Å². The third-order valence-electron chi connectivity index (χ3n) is 2.74. The lowest BCUT2D eigenvalue weighted by molar-refractivity contribution is -0.123. The van der Waals surface area contributed by atoms with Gasteiger partial charge in [-0.15, -0.1) is 0 Å². The Morgan fingerprint density at radius 1 is 1.29 bits per heavy atom. The minimum absolute atomic E-state index is 0.159. The number of nitrogens with one attached hydrogen (secondary N) is 1. The standard InChI is InChI=1S/C15H15F2NO3/c1-10-2-4-12(21-10)6-7-18-15(19)9-20-14-5-3-11(16)8-13(14)17/h2-5,8H,6-7,9H2,1H3,(H,18,19). The summed E-state index contributed by atoms with van der Waals surface area (Å²) in [5.41, 5.74) is 0. The predicted octanol–water partition coefficient (Wildman–Crippen LogP) is 2.60. The monoisotopic (exact) mass is 295 g/mol. The van der Waals surface area contributed by atoms with Gasteiger partial charge in [-0.2, -0.15) is 0 Å². The zero-order valence-corrected chi connectivity index (χ0v) is 11.5. The summed E-state index contributed by atoms with van der Waals surface area (Å²) in [6.07, 6.45) is 0.560. The molecule has 0 aliphatic heterocycles. The van der Waals surface area contributed by atoms with Crippen LogP contribution in [0.3, 0.4) is 0 Å². The van der Waals surface area contributed by atoms with Crippen LogP contribution >= 0.6 is 0 Å². The van der Waals surface area contributed by atoms with Crippen molar-refractivity contribution in [3.8, 4) is 5.75 Å². The topological polar surface area (TPSA) is 51.5 Å². The van der Waals surface area contributed by atoms with Gasteiger partial charge in [-0.3, -0.25) is 4.79 Å². The van der Waals surface area contributed by atoms with Crippen molar-refractivity contribution in [1.82, 2.24) is 5.32 Å². The van der Waals surface area contributed by atoms with Crippen molar-refractivity contribution in [1.29, 1.82) is 0 Å². The van der Waals surface area contributed by atoms with Gasteiger partial charge >= 0.3 is 0 Å². The summed E-state index contributed by atoms with van der Waals surface area (Å²) in [5.74, 6) is -0.494. The SMILES string of the molecule is Cc1ccc(CCNC(=O)COc2ccc(F)cc2F)o1. The number of amides is 1. The molecule has 0 spiro atoms. The minimum Gasteiger partial charge on any atom is -0.481 e. The fourth-order valence-corrected chi connectivity index (χ4v) is 1.73. The van der Waals surface area contributed by atoms with E-state index in [4.69, 9.17) is 9.15 Å². The van der Waals surface area contributed by atoms with Crippen LogP contribution in [-0.4, -0.2) is 19.1 Å². The molecule has 0 bridgehead atoms. The molecule has 0 radical (unpaired) electrons. The predicted molar refractivity (Wildman–Crippen MR) is 72.0 cm³/mol. The van der Waals surface area contributed by atoms with Crippen LogP contribution in [-0.2, 0) is 11.2 Å². The molecule has 1 N–H and O–H groups in total. The summed E-state index contributed by atoms with van der Waals surface area (Å²) in [7, 11) is 0. The first-order valence-corrected chi connectivity index (χ1v) is 6.44. The summed E-state index contributed by atoms with van der Waals surface area (Å²) >= 11 is 0. The number of hydrogen-bond donors (Lipinski definition) is 1. The third kappa shape index (κ3) is 4.59. The van der Waals surface area contributed by atoms with E-state index in [1.54, 1.807) is 0 Å². The molecule has 1 heterocycles. The average Bonchev–Trinajstić information content (AvgIpc) is 2.83. The van der Waals surface area contributed by atoms with Crippen molar-refractivity contribution in [2.75, 3.05) is 13.2 Å². The quantitative estimate of drug-likeness (QED) is 0.891. The Balaban J connectivity index is 1.72. The molecule has 0 atom stereocenters. The molecule has 0 unspecified atom stereocenters. The van der Waals surface area contributed by atoms with Crippen LogP contribution in [0.15, 0.2) is 34.7 Å². The maximum absolute atomic E-state index is 13.3.